The van der Waals surface area contributed by atoms with Crippen LogP contribution in [0.3, 0.4) is 0 Å². The number of ether oxygens (including phenoxy) is 1. The van der Waals surface area contributed by atoms with Gasteiger partial charge in [0, 0.05) is 44.1 Å². The zero-order chi connectivity index (χ0) is 25.8. The van der Waals surface area contributed by atoms with E-state index in [0.29, 0.717) is 26.1 Å². The summed E-state index contributed by atoms with van der Waals surface area (Å²) in [4.78, 5) is 6.77. The first-order valence-corrected chi connectivity index (χ1v) is 13.9. The van der Waals surface area contributed by atoms with Gasteiger partial charge in [-0.25, -0.2) is 22.8 Å². The highest BCUT2D eigenvalue weighted by Crippen LogP contribution is 2.28. The molecule has 37 heavy (non-hydrogen) atoms. The van der Waals surface area contributed by atoms with Crippen LogP contribution in [0.1, 0.15) is 28.5 Å². The fourth-order valence-corrected chi connectivity index (χ4v) is 5.65. The van der Waals surface area contributed by atoms with Crippen molar-refractivity contribution in [3.63, 3.8) is 0 Å². The Balaban J connectivity index is 1.21. The lowest BCUT2D eigenvalue weighted by molar-refractivity contribution is 0.0391. The van der Waals surface area contributed by atoms with Gasteiger partial charge in [-0.2, -0.15) is 5.10 Å². The molecule has 1 N–H and O–H groups in total. The highest BCUT2D eigenvalue weighted by Gasteiger charge is 2.25. The van der Waals surface area contributed by atoms with E-state index in [-0.39, 0.29) is 17.5 Å². The molecule has 0 saturated carbocycles. The van der Waals surface area contributed by atoms with E-state index in [2.05, 4.69) is 51.8 Å². The maximum Gasteiger partial charge on any atom is 0.242 e. The minimum atomic E-state index is -3.69. The number of benzene rings is 2. The topological polar surface area (TPSA) is 89.4 Å². The second-order valence-corrected chi connectivity index (χ2v) is 11.0. The molecule has 192 valence electrons. The van der Waals surface area contributed by atoms with E-state index in [4.69, 9.17) is 4.74 Å². The first kappa shape index (κ1) is 25.1. The van der Waals surface area contributed by atoms with Crippen molar-refractivity contribution in [3.8, 4) is 5.69 Å². The quantitative estimate of drug-likeness (QED) is 0.380. The Morgan fingerprint density at radius 1 is 1.05 bits per heavy atom. The maximum absolute atomic E-state index is 12.9. The molecule has 0 bridgehead atoms. The monoisotopic (exact) mass is 517 g/mol. The van der Waals surface area contributed by atoms with Gasteiger partial charge in [-0.1, -0.05) is 42.0 Å². The van der Waals surface area contributed by atoms with Crippen molar-refractivity contribution in [2.75, 3.05) is 31.1 Å². The van der Waals surface area contributed by atoms with Crippen LogP contribution in [0, 0.1) is 13.8 Å². The van der Waals surface area contributed by atoms with Gasteiger partial charge in [0.1, 0.15) is 16.8 Å². The van der Waals surface area contributed by atoms with Crippen LogP contribution >= 0.6 is 0 Å². The molecule has 2 aromatic heterocycles. The van der Waals surface area contributed by atoms with Crippen LogP contribution in [-0.2, 0) is 21.2 Å². The molecule has 0 aliphatic carbocycles. The molecule has 1 aliphatic heterocycles. The minimum Gasteiger partial charge on any atom is -0.370 e. The summed E-state index contributed by atoms with van der Waals surface area (Å²) >= 11 is 0. The minimum absolute atomic E-state index is 0.0504. The Labute approximate surface area is 218 Å². The number of aromatic nitrogens is 3. The third-order valence-corrected chi connectivity index (χ3v) is 8.04. The van der Waals surface area contributed by atoms with Gasteiger partial charge in [0.15, 0.2) is 0 Å². The zero-order valence-electron chi connectivity index (χ0n) is 21.0. The number of nitrogens with one attached hydrogen (secondary N) is 1. The largest absolute Gasteiger partial charge is 0.370 e. The summed E-state index contributed by atoms with van der Waals surface area (Å²) in [6.07, 6.45) is 3.60. The summed E-state index contributed by atoms with van der Waals surface area (Å²) < 4.78 is 36.3. The van der Waals surface area contributed by atoms with Gasteiger partial charge in [-0.05, 0) is 55.3 Å². The fraction of sp³-hybridized carbons (Fsp3) is 0.286. The number of nitrogens with zero attached hydrogens (tertiary/aromatic N) is 4. The molecular formula is C28H31N5O3S. The molecule has 5 rings (SSSR count). The van der Waals surface area contributed by atoms with E-state index in [1.165, 1.54) is 22.9 Å². The van der Waals surface area contributed by atoms with Crippen molar-refractivity contribution in [1.82, 2.24) is 19.5 Å². The van der Waals surface area contributed by atoms with Gasteiger partial charge >= 0.3 is 0 Å². The van der Waals surface area contributed by atoms with Crippen molar-refractivity contribution in [2.24, 2.45) is 0 Å². The van der Waals surface area contributed by atoms with Crippen molar-refractivity contribution in [2.45, 2.75) is 31.3 Å². The van der Waals surface area contributed by atoms with Crippen LogP contribution < -0.4 is 9.62 Å². The summed E-state index contributed by atoms with van der Waals surface area (Å²) in [5.41, 5.74) is 5.47. The maximum atomic E-state index is 12.9. The number of hydrogen-bond donors (Lipinski definition) is 1. The summed E-state index contributed by atoms with van der Waals surface area (Å²) in [6.45, 7) is 6.39. The van der Waals surface area contributed by atoms with E-state index in [0.717, 1.165) is 17.2 Å². The lowest BCUT2D eigenvalue weighted by Crippen LogP contribution is -2.39. The Morgan fingerprint density at radius 2 is 1.89 bits per heavy atom. The van der Waals surface area contributed by atoms with Crippen molar-refractivity contribution < 1.29 is 13.2 Å². The van der Waals surface area contributed by atoms with E-state index in [1.54, 1.807) is 18.3 Å². The second kappa shape index (κ2) is 10.8. The predicted octanol–water partition coefficient (Wildman–Crippen LogP) is 3.98. The number of para-hydroxylation sites is 1. The predicted molar refractivity (Wildman–Crippen MR) is 144 cm³/mol. The van der Waals surface area contributed by atoms with Crippen LogP contribution in [0.5, 0.6) is 0 Å². The molecule has 4 aromatic rings. The highest BCUT2D eigenvalue weighted by atomic mass is 32.2. The number of hydrogen-bond acceptors (Lipinski definition) is 6. The Morgan fingerprint density at radius 3 is 2.65 bits per heavy atom. The molecule has 1 aliphatic rings. The van der Waals surface area contributed by atoms with Gasteiger partial charge in [0.2, 0.25) is 10.0 Å². The molecule has 2 aromatic carbocycles. The molecule has 1 fully saturated rings. The average molecular weight is 518 g/mol. The lowest BCUT2D eigenvalue weighted by Gasteiger charge is -2.34. The van der Waals surface area contributed by atoms with E-state index in [9.17, 15) is 8.42 Å². The summed E-state index contributed by atoms with van der Waals surface area (Å²) in [6, 6.07) is 21.4. The van der Waals surface area contributed by atoms with E-state index < -0.39 is 10.0 Å². The molecular weight excluding hydrogens is 486 g/mol. The van der Waals surface area contributed by atoms with Crippen LogP contribution in [0.2, 0.25) is 0 Å². The van der Waals surface area contributed by atoms with Gasteiger partial charge < -0.3 is 9.64 Å². The molecule has 0 amide bonds. The van der Waals surface area contributed by atoms with Gasteiger partial charge in [-0.3, -0.25) is 0 Å². The Bertz CT molecular complexity index is 1450. The lowest BCUT2D eigenvalue weighted by atomic mass is 10.00. The van der Waals surface area contributed by atoms with Gasteiger partial charge in [-0.15, -0.1) is 0 Å². The first-order chi connectivity index (χ1) is 17.9. The third-order valence-electron chi connectivity index (χ3n) is 6.59. The number of pyridine rings is 1. The molecule has 3 heterocycles. The Kier molecular flexibility index (Phi) is 7.36. The first-order valence-electron chi connectivity index (χ1n) is 12.4. The van der Waals surface area contributed by atoms with Crippen LogP contribution in [0.15, 0.2) is 84.0 Å². The molecule has 1 atom stereocenters. The number of morpholine rings is 1. The SMILES string of the molecule is Cc1ccc(C2CN(c3ccc(S(=O)(=O)NCCc4ccnn4-c4ccccc4)cn3)CCO2)c(C)c1. The third kappa shape index (κ3) is 5.74. The van der Waals surface area contributed by atoms with Crippen LogP contribution in [-0.4, -0.2) is 49.4 Å². The highest BCUT2D eigenvalue weighted by molar-refractivity contribution is 7.89. The molecule has 0 spiro atoms. The standard InChI is InChI=1S/C28H31N5O3S/c1-21-8-10-26(22(2)18-21)27-20-32(16-17-36-27)28-11-9-25(19-29-28)37(34,35)31-15-13-24-12-14-30-33(24)23-6-4-3-5-7-23/h3-12,14,18-19,27,31H,13,15-17,20H2,1-2H3. The molecule has 1 unspecified atom stereocenters. The van der Waals surface area contributed by atoms with E-state index in [1.807, 2.05) is 41.1 Å². The molecule has 8 nitrogen and oxygen atoms in total. The van der Waals surface area contributed by atoms with Crippen LogP contribution in [0.4, 0.5) is 5.82 Å². The molecule has 0 radical (unpaired) electrons. The average Bonchev–Trinajstić information content (AvgIpc) is 3.38. The number of rotatable bonds is 8. The second-order valence-electron chi connectivity index (χ2n) is 9.24. The summed E-state index contributed by atoms with van der Waals surface area (Å²) in [5, 5.41) is 4.36. The smallest absolute Gasteiger partial charge is 0.242 e. The van der Waals surface area contributed by atoms with E-state index >= 15 is 0 Å². The molecule has 1 saturated heterocycles. The molecule has 9 heteroatoms. The summed E-state index contributed by atoms with van der Waals surface area (Å²) in [7, 11) is -3.69. The Hall–Kier alpha value is -3.53. The van der Waals surface area contributed by atoms with Crippen molar-refractivity contribution >= 4 is 15.8 Å². The normalized spacial score (nSPS) is 16.2. The number of anilines is 1. The van der Waals surface area contributed by atoms with Gasteiger partial charge in [0.05, 0.1) is 12.3 Å². The fourth-order valence-electron chi connectivity index (χ4n) is 4.67. The number of sulfonamides is 1. The van der Waals surface area contributed by atoms with Gasteiger partial charge in [0.25, 0.3) is 0 Å². The number of aryl methyl sites for hydroxylation is 2. The zero-order valence-corrected chi connectivity index (χ0v) is 21.9. The van der Waals surface area contributed by atoms with Crippen molar-refractivity contribution in [1.29, 1.82) is 0 Å². The summed E-state index contributed by atoms with van der Waals surface area (Å²) in [5.74, 6) is 0.740. The van der Waals surface area contributed by atoms with Crippen LogP contribution in [0.25, 0.3) is 5.69 Å². The van der Waals surface area contributed by atoms with Crippen molar-refractivity contribution in [3.05, 3.63) is 102 Å².